The molecule has 6 rings (SSSR count). The van der Waals surface area contributed by atoms with Crippen molar-refractivity contribution < 1.29 is 5.11 Å². The third-order valence-corrected chi connectivity index (χ3v) is 6.71. The second-order valence-electron chi connectivity index (χ2n) is 9.10. The molecule has 2 aromatic carbocycles. The van der Waals surface area contributed by atoms with Gasteiger partial charge in [-0.2, -0.15) is 10.2 Å². The Hall–Kier alpha value is -4.33. The lowest BCUT2D eigenvalue weighted by Gasteiger charge is -2.18. The predicted molar refractivity (Wildman–Crippen MR) is 136 cm³/mol. The largest absolute Gasteiger partial charge is 0.508 e. The molecule has 3 aromatic heterocycles. The lowest BCUT2D eigenvalue weighted by Crippen LogP contribution is -2.17. The SMILES string of the molecule is Cc1nn(C)c(C)c1-c1cc(N2Cc3ccccc3C2)nc2cc(CNc3cccc(O)c3)nn12. The van der Waals surface area contributed by atoms with Crippen LogP contribution in [0.15, 0.2) is 60.7 Å². The number of hydrogen-bond donors (Lipinski definition) is 2. The van der Waals surface area contributed by atoms with E-state index in [1.807, 2.05) is 41.4 Å². The lowest BCUT2D eigenvalue weighted by atomic mass is 10.1. The second kappa shape index (κ2) is 8.16. The topological polar surface area (TPSA) is 83.5 Å². The van der Waals surface area contributed by atoms with Gasteiger partial charge in [-0.3, -0.25) is 4.68 Å². The van der Waals surface area contributed by atoms with Crippen LogP contribution in [0.25, 0.3) is 16.9 Å². The summed E-state index contributed by atoms with van der Waals surface area (Å²) in [5, 5.41) is 22.6. The summed E-state index contributed by atoms with van der Waals surface area (Å²) in [6.07, 6.45) is 0. The number of phenolic OH excluding ortho intramolecular Hbond substituents is 1. The summed E-state index contributed by atoms with van der Waals surface area (Å²) >= 11 is 0. The van der Waals surface area contributed by atoms with Gasteiger partial charge in [0.15, 0.2) is 5.65 Å². The Balaban J connectivity index is 1.43. The van der Waals surface area contributed by atoms with Crippen molar-refractivity contribution in [2.75, 3.05) is 10.2 Å². The number of hydrogen-bond acceptors (Lipinski definition) is 6. The molecule has 0 atom stereocenters. The third kappa shape index (κ3) is 3.77. The van der Waals surface area contributed by atoms with Gasteiger partial charge in [0.25, 0.3) is 0 Å². The monoisotopic (exact) mass is 465 g/mol. The molecule has 176 valence electrons. The van der Waals surface area contributed by atoms with E-state index in [0.29, 0.717) is 6.54 Å². The molecule has 0 amide bonds. The number of nitrogens with zero attached hydrogens (tertiary/aromatic N) is 6. The van der Waals surface area contributed by atoms with E-state index in [2.05, 4.69) is 52.6 Å². The molecular weight excluding hydrogens is 438 g/mol. The summed E-state index contributed by atoms with van der Waals surface area (Å²) in [6.45, 7) is 6.31. The summed E-state index contributed by atoms with van der Waals surface area (Å²) in [7, 11) is 1.97. The zero-order chi connectivity index (χ0) is 24.1. The molecule has 0 bridgehead atoms. The molecule has 5 aromatic rings. The van der Waals surface area contributed by atoms with Crippen molar-refractivity contribution in [3.05, 3.63) is 88.9 Å². The van der Waals surface area contributed by atoms with Gasteiger partial charge in [0.2, 0.25) is 0 Å². The molecule has 0 unspecified atom stereocenters. The van der Waals surface area contributed by atoms with Crippen LogP contribution in [-0.4, -0.2) is 29.5 Å². The second-order valence-corrected chi connectivity index (χ2v) is 9.10. The van der Waals surface area contributed by atoms with Gasteiger partial charge in [-0.05, 0) is 37.1 Å². The molecule has 0 saturated carbocycles. The Morgan fingerprint density at radius 1 is 0.943 bits per heavy atom. The van der Waals surface area contributed by atoms with Crippen LogP contribution in [0.1, 0.15) is 28.2 Å². The van der Waals surface area contributed by atoms with Crippen LogP contribution in [0, 0.1) is 13.8 Å². The maximum Gasteiger partial charge on any atom is 0.158 e. The highest BCUT2D eigenvalue weighted by Crippen LogP contribution is 2.33. The minimum absolute atomic E-state index is 0.229. The number of anilines is 2. The van der Waals surface area contributed by atoms with Gasteiger partial charge in [0, 0.05) is 55.3 Å². The van der Waals surface area contributed by atoms with Gasteiger partial charge in [0.1, 0.15) is 11.6 Å². The summed E-state index contributed by atoms with van der Waals surface area (Å²) in [4.78, 5) is 7.33. The molecule has 2 N–H and O–H groups in total. The van der Waals surface area contributed by atoms with Gasteiger partial charge in [-0.15, -0.1) is 0 Å². The van der Waals surface area contributed by atoms with Crippen molar-refractivity contribution in [2.24, 2.45) is 7.05 Å². The molecule has 8 nitrogen and oxygen atoms in total. The van der Waals surface area contributed by atoms with Crippen molar-refractivity contribution in [1.82, 2.24) is 24.4 Å². The average Bonchev–Trinajstić information content (AvgIpc) is 3.52. The minimum atomic E-state index is 0.229. The maximum absolute atomic E-state index is 9.76. The number of benzene rings is 2. The van der Waals surface area contributed by atoms with E-state index in [0.717, 1.165) is 58.6 Å². The number of aromatic nitrogens is 5. The fourth-order valence-electron chi connectivity index (χ4n) is 4.88. The number of fused-ring (bicyclic) bond motifs is 2. The standard InChI is InChI=1S/C27H27N7O/c1-17-27(18(2)32(3)30-17)24-13-25(33-15-19-7-4-5-8-20(19)16-33)29-26-12-22(31-34(24)26)14-28-21-9-6-10-23(35)11-21/h4-13,28,35H,14-16H2,1-3H3. The van der Waals surface area contributed by atoms with Crippen LogP contribution < -0.4 is 10.2 Å². The highest BCUT2D eigenvalue weighted by atomic mass is 16.3. The Kier molecular flexibility index (Phi) is 4.95. The molecule has 0 fully saturated rings. The van der Waals surface area contributed by atoms with E-state index >= 15 is 0 Å². The molecule has 0 spiro atoms. The first-order valence-corrected chi connectivity index (χ1v) is 11.7. The van der Waals surface area contributed by atoms with Gasteiger partial charge in [-0.25, -0.2) is 9.50 Å². The van der Waals surface area contributed by atoms with E-state index < -0.39 is 0 Å². The van der Waals surface area contributed by atoms with Crippen molar-refractivity contribution in [3.63, 3.8) is 0 Å². The van der Waals surface area contributed by atoms with Crippen LogP contribution in [0.5, 0.6) is 5.75 Å². The first-order chi connectivity index (χ1) is 17.0. The first kappa shape index (κ1) is 21.2. The van der Waals surface area contributed by atoms with Crippen molar-refractivity contribution in [3.8, 4) is 17.0 Å². The Labute approximate surface area is 203 Å². The lowest BCUT2D eigenvalue weighted by molar-refractivity contribution is 0.475. The molecule has 0 radical (unpaired) electrons. The number of phenols is 1. The zero-order valence-corrected chi connectivity index (χ0v) is 20.0. The van der Waals surface area contributed by atoms with E-state index in [1.54, 1.807) is 12.1 Å². The molecule has 1 aliphatic rings. The highest BCUT2D eigenvalue weighted by Gasteiger charge is 2.24. The maximum atomic E-state index is 9.76. The third-order valence-electron chi connectivity index (χ3n) is 6.71. The van der Waals surface area contributed by atoms with E-state index in [-0.39, 0.29) is 5.75 Å². The molecular formula is C27H27N7O. The van der Waals surface area contributed by atoms with Crippen LogP contribution in [0.2, 0.25) is 0 Å². The Morgan fingerprint density at radius 3 is 2.40 bits per heavy atom. The molecule has 1 aliphatic heterocycles. The van der Waals surface area contributed by atoms with Crippen molar-refractivity contribution in [1.29, 1.82) is 0 Å². The Morgan fingerprint density at radius 2 is 1.71 bits per heavy atom. The van der Waals surface area contributed by atoms with E-state index in [9.17, 15) is 5.11 Å². The van der Waals surface area contributed by atoms with Crippen molar-refractivity contribution in [2.45, 2.75) is 33.5 Å². The van der Waals surface area contributed by atoms with Crippen LogP contribution in [0.4, 0.5) is 11.5 Å². The van der Waals surface area contributed by atoms with E-state index in [1.165, 1.54) is 11.1 Å². The fraction of sp³-hybridized carbons (Fsp3) is 0.222. The summed E-state index contributed by atoms with van der Waals surface area (Å²) in [5.74, 6) is 1.16. The van der Waals surface area contributed by atoms with Gasteiger partial charge < -0.3 is 15.3 Å². The summed E-state index contributed by atoms with van der Waals surface area (Å²) < 4.78 is 3.83. The fourth-order valence-corrected chi connectivity index (χ4v) is 4.88. The number of aromatic hydroxyl groups is 1. The van der Waals surface area contributed by atoms with Crippen molar-refractivity contribution >= 4 is 17.2 Å². The predicted octanol–water partition coefficient (Wildman–Crippen LogP) is 4.58. The van der Waals surface area contributed by atoms with Crippen LogP contribution in [0.3, 0.4) is 0 Å². The summed E-state index contributed by atoms with van der Waals surface area (Å²) in [6, 6.07) is 19.8. The van der Waals surface area contributed by atoms with Crippen LogP contribution >= 0.6 is 0 Å². The molecule has 0 saturated heterocycles. The molecule has 8 heteroatoms. The zero-order valence-electron chi connectivity index (χ0n) is 20.0. The normalized spacial score (nSPS) is 12.9. The molecule has 35 heavy (non-hydrogen) atoms. The van der Waals surface area contributed by atoms with E-state index in [4.69, 9.17) is 10.1 Å². The number of rotatable bonds is 5. The number of aryl methyl sites for hydroxylation is 2. The minimum Gasteiger partial charge on any atom is -0.508 e. The van der Waals surface area contributed by atoms with Gasteiger partial charge in [-0.1, -0.05) is 30.3 Å². The molecule has 0 aliphatic carbocycles. The highest BCUT2D eigenvalue weighted by molar-refractivity contribution is 5.71. The Bertz CT molecular complexity index is 1540. The first-order valence-electron chi connectivity index (χ1n) is 11.7. The van der Waals surface area contributed by atoms with Gasteiger partial charge in [0.05, 0.1) is 23.6 Å². The smallest absolute Gasteiger partial charge is 0.158 e. The number of nitrogens with one attached hydrogen (secondary N) is 1. The van der Waals surface area contributed by atoms with Gasteiger partial charge >= 0.3 is 0 Å². The van der Waals surface area contributed by atoms with Crippen LogP contribution in [-0.2, 0) is 26.7 Å². The summed E-state index contributed by atoms with van der Waals surface area (Å²) in [5.41, 5.74) is 9.28. The quantitative estimate of drug-likeness (QED) is 0.395. The molecule has 4 heterocycles. The average molecular weight is 466 g/mol.